The minimum atomic E-state index is -0.826. The van der Waals surface area contributed by atoms with Gasteiger partial charge < -0.3 is 15.2 Å². The first kappa shape index (κ1) is 15.1. The Bertz CT molecular complexity index is 355. The van der Waals surface area contributed by atoms with E-state index in [2.05, 4.69) is 5.32 Å². The highest BCUT2D eigenvalue weighted by atomic mass is 19.1. The minimum Gasteiger partial charge on any atom is -0.390 e. The summed E-state index contributed by atoms with van der Waals surface area (Å²) in [5, 5.41) is 13.4. The molecular formula is C14H22FNO2. The third-order valence-electron chi connectivity index (χ3n) is 2.80. The highest BCUT2D eigenvalue weighted by Gasteiger charge is 2.20. The maximum Gasteiger partial charge on any atom is 0.123 e. The predicted octanol–water partition coefficient (Wildman–Crippen LogP) is 1.75. The molecule has 0 radical (unpaired) electrons. The first-order valence-corrected chi connectivity index (χ1v) is 6.20. The Morgan fingerprint density at radius 1 is 1.39 bits per heavy atom. The van der Waals surface area contributed by atoms with E-state index in [4.69, 9.17) is 4.74 Å². The molecule has 0 heterocycles. The zero-order chi connectivity index (χ0) is 13.4. The molecule has 0 aliphatic carbocycles. The van der Waals surface area contributed by atoms with Gasteiger partial charge in [-0.25, -0.2) is 4.39 Å². The standard InChI is InChI=1S/C14H22FNO2/c1-14(17,6-7-16-8-9-18-2)11-12-4-3-5-13(15)10-12/h3-5,10,16-17H,6-9,11H2,1-2H3. The SMILES string of the molecule is COCCNCCC(C)(O)Cc1cccc(F)c1. The van der Waals surface area contributed by atoms with Crippen LogP contribution in [-0.4, -0.2) is 37.5 Å². The van der Waals surface area contributed by atoms with Crippen LogP contribution in [0.1, 0.15) is 18.9 Å². The number of hydrogen-bond acceptors (Lipinski definition) is 3. The van der Waals surface area contributed by atoms with Crippen molar-refractivity contribution < 1.29 is 14.2 Å². The van der Waals surface area contributed by atoms with E-state index in [0.29, 0.717) is 26.0 Å². The van der Waals surface area contributed by atoms with Crippen LogP contribution in [0.15, 0.2) is 24.3 Å². The Morgan fingerprint density at radius 2 is 2.17 bits per heavy atom. The average molecular weight is 255 g/mol. The summed E-state index contributed by atoms with van der Waals surface area (Å²) in [4.78, 5) is 0. The van der Waals surface area contributed by atoms with Crippen molar-refractivity contribution in [3.8, 4) is 0 Å². The van der Waals surface area contributed by atoms with Crippen molar-refractivity contribution in [1.29, 1.82) is 0 Å². The van der Waals surface area contributed by atoms with E-state index < -0.39 is 5.60 Å². The molecule has 4 heteroatoms. The topological polar surface area (TPSA) is 41.5 Å². The van der Waals surface area contributed by atoms with E-state index in [-0.39, 0.29) is 5.82 Å². The monoisotopic (exact) mass is 255 g/mol. The van der Waals surface area contributed by atoms with Crippen LogP contribution in [0, 0.1) is 5.82 Å². The molecule has 0 amide bonds. The molecule has 18 heavy (non-hydrogen) atoms. The fourth-order valence-electron chi connectivity index (χ4n) is 1.83. The summed E-state index contributed by atoms with van der Waals surface area (Å²) >= 11 is 0. The Morgan fingerprint density at radius 3 is 2.83 bits per heavy atom. The van der Waals surface area contributed by atoms with E-state index in [1.54, 1.807) is 20.1 Å². The van der Waals surface area contributed by atoms with Crippen LogP contribution < -0.4 is 5.32 Å². The number of aliphatic hydroxyl groups is 1. The molecule has 0 saturated carbocycles. The first-order valence-electron chi connectivity index (χ1n) is 6.20. The Kier molecular flexibility index (Phi) is 6.25. The molecule has 0 saturated heterocycles. The van der Waals surface area contributed by atoms with Gasteiger partial charge in [-0.05, 0) is 37.6 Å². The lowest BCUT2D eigenvalue weighted by atomic mass is 9.93. The molecule has 1 rings (SSSR count). The molecule has 3 nitrogen and oxygen atoms in total. The van der Waals surface area contributed by atoms with Crippen molar-refractivity contribution in [2.45, 2.75) is 25.4 Å². The Labute approximate surface area is 108 Å². The molecule has 0 fully saturated rings. The van der Waals surface area contributed by atoms with Gasteiger partial charge in [-0.1, -0.05) is 12.1 Å². The summed E-state index contributed by atoms with van der Waals surface area (Å²) < 4.78 is 17.9. The van der Waals surface area contributed by atoms with Gasteiger partial charge in [0.15, 0.2) is 0 Å². The maximum absolute atomic E-state index is 13.0. The van der Waals surface area contributed by atoms with E-state index in [0.717, 1.165) is 12.1 Å². The Hall–Kier alpha value is -0.970. The minimum absolute atomic E-state index is 0.262. The van der Waals surface area contributed by atoms with Gasteiger partial charge in [0, 0.05) is 20.1 Å². The smallest absolute Gasteiger partial charge is 0.123 e. The highest BCUT2D eigenvalue weighted by Crippen LogP contribution is 2.17. The van der Waals surface area contributed by atoms with Gasteiger partial charge in [0.05, 0.1) is 12.2 Å². The molecule has 0 aliphatic rings. The number of hydrogen-bond donors (Lipinski definition) is 2. The average Bonchev–Trinajstić information content (AvgIpc) is 2.28. The summed E-state index contributed by atoms with van der Waals surface area (Å²) in [5.41, 5.74) is -0.00896. The molecule has 0 bridgehead atoms. The van der Waals surface area contributed by atoms with Crippen LogP contribution in [0.4, 0.5) is 4.39 Å². The molecule has 1 atom stereocenters. The third kappa shape index (κ3) is 6.10. The summed E-state index contributed by atoms with van der Waals surface area (Å²) in [6.07, 6.45) is 1.07. The van der Waals surface area contributed by atoms with E-state index >= 15 is 0 Å². The van der Waals surface area contributed by atoms with E-state index in [1.807, 2.05) is 6.07 Å². The quantitative estimate of drug-likeness (QED) is 0.695. The van der Waals surface area contributed by atoms with Gasteiger partial charge in [-0.3, -0.25) is 0 Å². The van der Waals surface area contributed by atoms with Gasteiger partial charge >= 0.3 is 0 Å². The van der Waals surface area contributed by atoms with Gasteiger partial charge in [0.1, 0.15) is 5.82 Å². The zero-order valence-corrected chi connectivity index (χ0v) is 11.1. The van der Waals surface area contributed by atoms with Crippen LogP contribution in [0.2, 0.25) is 0 Å². The molecule has 1 aromatic carbocycles. The predicted molar refractivity (Wildman–Crippen MR) is 70.1 cm³/mol. The maximum atomic E-state index is 13.0. The van der Waals surface area contributed by atoms with E-state index in [9.17, 15) is 9.50 Å². The van der Waals surface area contributed by atoms with Gasteiger partial charge in [-0.2, -0.15) is 0 Å². The van der Waals surface area contributed by atoms with Crippen LogP contribution in [0.3, 0.4) is 0 Å². The molecule has 1 unspecified atom stereocenters. The van der Waals surface area contributed by atoms with Crippen molar-refractivity contribution >= 4 is 0 Å². The van der Waals surface area contributed by atoms with Crippen molar-refractivity contribution in [1.82, 2.24) is 5.32 Å². The van der Waals surface area contributed by atoms with Crippen molar-refractivity contribution in [3.05, 3.63) is 35.6 Å². The lowest BCUT2D eigenvalue weighted by Crippen LogP contribution is -2.33. The van der Waals surface area contributed by atoms with Crippen molar-refractivity contribution in [3.63, 3.8) is 0 Å². The van der Waals surface area contributed by atoms with Crippen molar-refractivity contribution in [2.75, 3.05) is 26.8 Å². The summed E-state index contributed by atoms with van der Waals surface area (Å²) in [6, 6.07) is 6.37. The summed E-state index contributed by atoms with van der Waals surface area (Å²) in [5.74, 6) is -0.262. The highest BCUT2D eigenvalue weighted by molar-refractivity contribution is 5.18. The number of halogens is 1. The summed E-state index contributed by atoms with van der Waals surface area (Å²) in [7, 11) is 1.65. The molecular weight excluding hydrogens is 233 g/mol. The lowest BCUT2D eigenvalue weighted by molar-refractivity contribution is 0.0510. The first-order chi connectivity index (χ1) is 8.53. The second-order valence-corrected chi connectivity index (χ2v) is 4.80. The van der Waals surface area contributed by atoms with Crippen LogP contribution in [0.25, 0.3) is 0 Å². The van der Waals surface area contributed by atoms with Gasteiger partial charge in [0.2, 0.25) is 0 Å². The van der Waals surface area contributed by atoms with E-state index in [1.165, 1.54) is 12.1 Å². The molecule has 0 aliphatic heterocycles. The fourth-order valence-corrected chi connectivity index (χ4v) is 1.83. The van der Waals surface area contributed by atoms with Crippen LogP contribution in [0.5, 0.6) is 0 Å². The van der Waals surface area contributed by atoms with Crippen molar-refractivity contribution in [2.24, 2.45) is 0 Å². The molecule has 1 aromatic rings. The van der Waals surface area contributed by atoms with Crippen LogP contribution in [-0.2, 0) is 11.2 Å². The lowest BCUT2D eigenvalue weighted by Gasteiger charge is -2.23. The molecule has 2 N–H and O–H groups in total. The Balaban J connectivity index is 2.34. The third-order valence-corrected chi connectivity index (χ3v) is 2.80. The van der Waals surface area contributed by atoms with Crippen LogP contribution >= 0.6 is 0 Å². The number of methoxy groups -OCH3 is 1. The molecule has 0 aromatic heterocycles. The van der Waals surface area contributed by atoms with Gasteiger partial charge in [0.25, 0.3) is 0 Å². The normalized spacial score (nSPS) is 14.4. The zero-order valence-electron chi connectivity index (χ0n) is 11.1. The number of nitrogens with one attached hydrogen (secondary N) is 1. The largest absolute Gasteiger partial charge is 0.390 e. The molecule has 0 spiro atoms. The second-order valence-electron chi connectivity index (χ2n) is 4.80. The number of benzene rings is 1. The molecule has 102 valence electrons. The number of ether oxygens (including phenoxy) is 1. The fraction of sp³-hybridized carbons (Fsp3) is 0.571. The summed E-state index contributed by atoms with van der Waals surface area (Å²) in [6.45, 7) is 3.92. The second kappa shape index (κ2) is 7.46. The van der Waals surface area contributed by atoms with Gasteiger partial charge in [-0.15, -0.1) is 0 Å². The number of rotatable bonds is 8.